The van der Waals surface area contributed by atoms with Crippen LogP contribution >= 0.6 is 0 Å². The van der Waals surface area contributed by atoms with Crippen molar-refractivity contribution in [2.75, 3.05) is 26.2 Å². The van der Waals surface area contributed by atoms with Crippen LogP contribution in [0.4, 0.5) is 0 Å². The van der Waals surface area contributed by atoms with Crippen molar-refractivity contribution in [3.63, 3.8) is 0 Å². The highest BCUT2D eigenvalue weighted by Crippen LogP contribution is 2.25. The van der Waals surface area contributed by atoms with Gasteiger partial charge in [0.1, 0.15) is 0 Å². The molecule has 1 aliphatic carbocycles. The Kier molecular flexibility index (Phi) is 4.34. The lowest BCUT2D eigenvalue weighted by molar-refractivity contribution is 0.0552. The second kappa shape index (κ2) is 6.64. The Labute approximate surface area is 149 Å². The lowest BCUT2D eigenvalue weighted by Gasteiger charge is -2.41. The van der Waals surface area contributed by atoms with Gasteiger partial charge in [-0.2, -0.15) is 5.10 Å². The Morgan fingerprint density at radius 2 is 1.84 bits per heavy atom. The summed E-state index contributed by atoms with van der Waals surface area (Å²) < 4.78 is 1.72. The number of hydrogen-bond acceptors (Lipinski definition) is 3. The SMILES string of the molecule is Cc1nn(C)cc1C(=O)N1CCN([C@@H]2CCc3ccccc3C2)CC1. The molecule has 0 radical (unpaired) electrons. The maximum Gasteiger partial charge on any atom is 0.257 e. The molecule has 4 rings (SSSR count). The van der Waals surface area contributed by atoms with Gasteiger partial charge in [0, 0.05) is 45.5 Å². The minimum atomic E-state index is 0.124. The van der Waals surface area contributed by atoms with Gasteiger partial charge >= 0.3 is 0 Å². The van der Waals surface area contributed by atoms with Crippen LogP contribution < -0.4 is 0 Å². The highest BCUT2D eigenvalue weighted by atomic mass is 16.2. The molecule has 2 heterocycles. The van der Waals surface area contributed by atoms with E-state index in [4.69, 9.17) is 0 Å². The zero-order valence-corrected chi connectivity index (χ0v) is 15.1. The van der Waals surface area contributed by atoms with E-state index in [9.17, 15) is 4.79 Å². The van der Waals surface area contributed by atoms with E-state index >= 15 is 0 Å². The van der Waals surface area contributed by atoms with Crippen LogP contribution in [0.15, 0.2) is 30.5 Å². The number of carbonyl (C=O) groups is 1. The Balaban J connectivity index is 1.37. The summed E-state index contributed by atoms with van der Waals surface area (Å²) in [6, 6.07) is 9.44. The summed E-state index contributed by atoms with van der Waals surface area (Å²) in [5.41, 5.74) is 4.57. The number of aryl methyl sites for hydroxylation is 3. The van der Waals surface area contributed by atoms with Crippen LogP contribution in [0.25, 0.3) is 0 Å². The first kappa shape index (κ1) is 16.3. The summed E-state index contributed by atoms with van der Waals surface area (Å²) in [7, 11) is 1.86. The Hall–Kier alpha value is -2.14. The molecule has 0 saturated carbocycles. The van der Waals surface area contributed by atoms with Crippen LogP contribution in [0.5, 0.6) is 0 Å². The van der Waals surface area contributed by atoms with E-state index in [0.717, 1.165) is 43.9 Å². The van der Waals surface area contributed by atoms with Crippen molar-refractivity contribution in [2.45, 2.75) is 32.2 Å². The van der Waals surface area contributed by atoms with E-state index in [1.165, 1.54) is 24.0 Å². The summed E-state index contributed by atoms with van der Waals surface area (Å²) in [6.07, 6.45) is 5.38. The Morgan fingerprint density at radius 1 is 1.12 bits per heavy atom. The smallest absolute Gasteiger partial charge is 0.257 e. The highest BCUT2D eigenvalue weighted by molar-refractivity contribution is 5.95. The van der Waals surface area contributed by atoms with Gasteiger partial charge in [0.25, 0.3) is 5.91 Å². The number of hydrogen-bond donors (Lipinski definition) is 0. The maximum absolute atomic E-state index is 12.7. The first-order chi connectivity index (χ1) is 12.1. The molecule has 0 N–H and O–H groups in total. The van der Waals surface area contributed by atoms with Crippen molar-refractivity contribution in [2.24, 2.45) is 7.05 Å². The molecular weight excluding hydrogens is 312 g/mol. The summed E-state index contributed by atoms with van der Waals surface area (Å²) in [4.78, 5) is 17.3. The van der Waals surface area contributed by atoms with Crippen molar-refractivity contribution in [1.82, 2.24) is 19.6 Å². The van der Waals surface area contributed by atoms with Crippen molar-refractivity contribution in [3.05, 3.63) is 52.8 Å². The van der Waals surface area contributed by atoms with Crippen LogP contribution in [0, 0.1) is 6.92 Å². The largest absolute Gasteiger partial charge is 0.336 e. The average molecular weight is 338 g/mol. The minimum Gasteiger partial charge on any atom is -0.336 e. The molecule has 1 aromatic carbocycles. The molecule has 1 saturated heterocycles. The zero-order valence-electron chi connectivity index (χ0n) is 15.1. The van der Waals surface area contributed by atoms with Crippen molar-refractivity contribution >= 4 is 5.91 Å². The molecule has 5 nitrogen and oxygen atoms in total. The van der Waals surface area contributed by atoms with Crippen molar-refractivity contribution in [3.8, 4) is 0 Å². The number of rotatable bonds is 2. The Bertz CT molecular complexity index is 774. The van der Waals surface area contributed by atoms with Gasteiger partial charge in [-0.3, -0.25) is 14.4 Å². The molecule has 0 unspecified atom stereocenters. The molecule has 1 atom stereocenters. The van der Waals surface area contributed by atoms with Crippen LogP contribution in [0.2, 0.25) is 0 Å². The van der Waals surface area contributed by atoms with E-state index in [-0.39, 0.29) is 5.91 Å². The van der Waals surface area contributed by atoms with Gasteiger partial charge in [0.2, 0.25) is 0 Å². The van der Waals surface area contributed by atoms with Gasteiger partial charge in [0.05, 0.1) is 11.3 Å². The monoisotopic (exact) mass is 338 g/mol. The number of piperazine rings is 1. The van der Waals surface area contributed by atoms with Crippen LogP contribution in [0.3, 0.4) is 0 Å². The zero-order chi connectivity index (χ0) is 17.4. The van der Waals surface area contributed by atoms with Crippen LogP contribution in [-0.4, -0.2) is 57.7 Å². The van der Waals surface area contributed by atoms with E-state index in [2.05, 4.69) is 34.3 Å². The molecule has 25 heavy (non-hydrogen) atoms. The van der Waals surface area contributed by atoms with E-state index in [1.807, 2.05) is 25.1 Å². The van der Waals surface area contributed by atoms with Gasteiger partial charge in [-0.15, -0.1) is 0 Å². The number of amides is 1. The third kappa shape index (κ3) is 3.21. The summed E-state index contributed by atoms with van der Waals surface area (Å²) in [5.74, 6) is 0.124. The van der Waals surface area contributed by atoms with Crippen LogP contribution in [-0.2, 0) is 19.9 Å². The number of fused-ring (bicyclic) bond motifs is 1. The molecule has 1 aromatic heterocycles. The fraction of sp³-hybridized carbons (Fsp3) is 0.500. The number of benzene rings is 1. The van der Waals surface area contributed by atoms with E-state index in [0.29, 0.717) is 6.04 Å². The van der Waals surface area contributed by atoms with Crippen molar-refractivity contribution < 1.29 is 4.79 Å². The van der Waals surface area contributed by atoms with Gasteiger partial charge in [-0.25, -0.2) is 0 Å². The summed E-state index contributed by atoms with van der Waals surface area (Å²) >= 11 is 0. The average Bonchev–Trinajstić information content (AvgIpc) is 2.99. The fourth-order valence-electron chi connectivity index (χ4n) is 4.26. The van der Waals surface area contributed by atoms with Crippen LogP contribution in [0.1, 0.15) is 33.6 Å². The Morgan fingerprint density at radius 3 is 2.52 bits per heavy atom. The predicted molar refractivity (Wildman–Crippen MR) is 97.7 cm³/mol. The first-order valence-electron chi connectivity index (χ1n) is 9.22. The minimum absolute atomic E-state index is 0.124. The topological polar surface area (TPSA) is 41.4 Å². The molecule has 0 spiro atoms. The van der Waals surface area contributed by atoms with E-state index in [1.54, 1.807) is 4.68 Å². The molecule has 5 heteroatoms. The molecule has 2 aliphatic rings. The summed E-state index contributed by atoms with van der Waals surface area (Å²) in [6.45, 7) is 5.47. The normalized spacial score (nSPS) is 21.2. The molecule has 1 aliphatic heterocycles. The second-order valence-corrected chi connectivity index (χ2v) is 7.30. The molecular formula is C20H26N4O. The first-order valence-corrected chi connectivity index (χ1v) is 9.22. The number of carbonyl (C=O) groups excluding carboxylic acids is 1. The molecule has 0 bridgehead atoms. The van der Waals surface area contributed by atoms with Gasteiger partial charge in [-0.1, -0.05) is 24.3 Å². The molecule has 1 amide bonds. The fourth-order valence-corrected chi connectivity index (χ4v) is 4.26. The second-order valence-electron chi connectivity index (χ2n) is 7.30. The molecule has 132 valence electrons. The van der Waals surface area contributed by atoms with Gasteiger partial charge in [0.15, 0.2) is 0 Å². The molecule has 2 aromatic rings. The number of nitrogens with zero attached hydrogens (tertiary/aromatic N) is 4. The standard InChI is InChI=1S/C20H26N4O/c1-15-19(14-22(2)21-15)20(25)24-11-9-23(10-12-24)18-8-7-16-5-3-4-6-17(16)13-18/h3-6,14,18H,7-13H2,1-2H3/t18-/m1/s1. The summed E-state index contributed by atoms with van der Waals surface area (Å²) in [5, 5.41) is 4.30. The maximum atomic E-state index is 12.7. The van der Waals surface area contributed by atoms with Gasteiger partial charge < -0.3 is 4.90 Å². The highest BCUT2D eigenvalue weighted by Gasteiger charge is 2.29. The predicted octanol–water partition coefficient (Wildman–Crippen LogP) is 2.04. The lowest BCUT2D eigenvalue weighted by Crippen LogP contribution is -2.53. The van der Waals surface area contributed by atoms with Crippen molar-refractivity contribution in [1.29, 1.82) is 0 Å². The molecule has 1 fully saturated rings. The third-order valence-corrected chi connectivity index (χ3v) is 5.68. The third-order valence-electron chi connectivity index (χ3n) is 5.68. The lowest BCUT2D eigenvalue weighted by atomic mass is 9.87. The van der Waals surface area contributed by atoms with E-state index < -0.39 is 0 Å². The van der Waals surface area contributed by atoms with Gasteiger partial charge in [-0.05, 0) is 37.3 Å². The quantitative estimate of drug-likeness (QED) is 0.841. The number of aromatic nitrogens is 2.